The van der Waals surface area contributed by atoms with Crippen LogP contribution in [0, 0.1) is 6.92 Å². The molecule has 0 bridgehead atoms. The van der Waals surface area contributed by atoms with Crippen molar-refractivity contribution < 1.29 is 23.3 Å². The smallest absolute Gasteiger partial charge is 0.336 e. The minimum Gasteiger partial charge on any atom is -0.465 e. The van der Waals surface area contributed by atoms with Crippen LogP contribution in [-0.2, 0) is 4.79 Å². The summed E-state index contributed by atoms with van der Waals surface area (Å²) in [5.74, 6) is 0.362. The van der Waals surface area contributed by atoms with Gasteiger partial charge in [0.2, 0.25) is 0 Å². The lowest BCUT2D eigenvalue weighted by molar-refractivity contribution is -0.128. The fraction of sp³-hybridized carbons (Fsp3) is 0.0400. The SMILES string of the molecule is Cc1onc(-c2ccccc2)c1C(=O)NN=Cc1ccc(OC(=O)/C=C\c2ccco2)cc1. The number of hydrazone groups is 1. The molecule has 33 heavy (non-hydrogen) atoms. The Balaban J connectivity index is 1.35. The highest BCUT2D eigenvalue weighted by Gasteiger charge is 2.21. The van der Waals surface area contributed by atoms with Crippen LogP contribution in [0.15, 0.2) is 93.1 Å². The predicted octanol–water partition coefficient (Wildman–Crippen LogP) is 4.63. The number of nitrogens with one attached hydrogen (secondary N) is 1. The molecule has 2 heterocycles. The molecule has 2 aromatic heterocycles. The predicted molar refractivity (Wildman–Crippen MR) is 122 cm³/mol. The molecule has 0 aliphatic rings. The molecule has 0 saturated carbocycles. The molecule has 0 aliphatic carbocycles. The third kappa shape index (κ3) is 5.50. The molecule has 4 rings (SSSR count). The van der Waals surface area contributed by atoms with Crippen LogP contribution in [0.1, 0.15) is 27.4 Å². The van der Waals surface area contributed by atoms with Crippen molar-refractivity contribution in [2.45, 2.75) is 6.92 Å². The van der Waals surface area contributed by atoms with Gasteiger partial charge in [0.1, 0.15) is 28.5 Å². The van der Waals surface area contributed by atoms with E-state index in [4.69, 9.17) is 13.7 Å². The van der Waals surface area contributed by atoms with E-state index in [0.29, 0.717) is 34.1 Å². The number of esters is 1. The summed E-state index contributed by atoms with van der Waals surface area (Å²) in [6.45, 7) is 1.67. The van der Waals surface area contributed by atoms with Crippen LogP contribution in [-0.4, -0.2) is 23.2 Å². The first kappa shape index (κ1) is 21.5. The lowest BCUT2D eigenvalue weighted by Crippen LogP contribution is -2.18. The molecule has 8 heteroatoms. The van der Waals surface area contributed by atoms with Crippen molar-refractivity contribution in [3.8, 4) is 17.0 Å². The van der Waals surface area contributed by atoms with Gasteiger partial charge in [-0.1, -0.05) is 35.5 Å². The Morgan fingerprint density at radius 2 is 1.82 bits per heavy atom. The third-order valence-corrected chi connectivity index (χ3v) is 4.54. The van der Waals surface area contributed by atoms with Crippen molar-refractivity contribution in [2.24, 2.45) is 5.10 Å². The molecule has 2 aromatic carbocycles. The molecule has 1 N–H and O–H groups in total. The van der Waals surface area contributed by atoms with Gasteiger partial charge in [0.15, 0.2) is 0 Å². The van der Waals surface area contributed by atoms with Crippen molar-refractivity contribution in [1.29, 1.82) is 0 Å². The van der Waals surface area contributed by atoms with Gasteiger partial charge in [-0.05, 0) is 55.0 Å². The van der Waals surface area contributed by atoms with Gasteiger partial charge in [-0.3, -0.25) is 4.79 Å². The Kier molecular flexibility index (Phi) is 6.56. The van der Waals surface area contributed by atoms with Crippen LogP contribution in [0.25, 0.3) is 17.3 Å². The average molecular weight is 441 g/mol. The summed E-state index contributed by atoms with van der Waals surface area (Å²) in [4.78, 5) is 24.5. The highest BCUT2D eigenvalue weighted by Crippen LogP contribution is 2.24. The second-order valence-corrected chi connectivity index (χ2v) is 6.87. The van der Waals surface area contributed by atoms with E-state index in [1.165, 1.54) is 24.6 Å². The van der Waals surface area contributed by atoms with Crippen molar-refractivity contribution in [3.05, 3.63) is 102 Å². The van der Waals surface area contributed by atoms with Gasteiger partial charge in [-0.2, -0.15) is 5.10 Å². The number of hydrogen-bond donors (Lipinski definition) is 1. The van der Waals surface area contributed by atoms with Gasteiger partial charge in [0.05, 0.1) is 12.5 Å². The second-order valence-electron chi connectivity index (χ2n) is 6.87. The number of furan rings is 1. The lowest BCUT2D eigenvalue weighted by atomic mass is 10.1. The van der Waals surface area contributed by atoms with Crippen LogP contribution in [0.4, 0.5) is 0 Å². The van der Waals surface area contributed by atoms with Gasteiger partial charge >= 0.3 is 5.97 Å². The zero-order chi connectivity index (χ0) is 23.0. The van der Waals surface area contributed by atoms with E-state index in [1.807, 2.05) is 30.3 Å². The summed E-state index contributed by atoms with van der Waals surface area (Å²) in [7, 11) is 0. The second kappa shape index (κ2) is 10.1. The molecule has 0 unspecified atom stereocenters. The fourth-order valence-electron chi connectivity index (χ4n) is 2.96. The molecule has 164 valence electrons. The Bertz CT molecular complexity index is 1290. The zero-order valence-corrected chi connectivity index (χ0v) is 17.6. The fourth-order valence-corrected chi connectivity index (χ4v) is 2.96. The Morgan fingerprint density at radius 1 is 1.03 bits per heavy atom. The Morgan fingerprint density at radius 3 is 2.55 bits per heavy atom. The molecule has 0 saturated heterocycles. The summed E-state index contributed by atoms with van der Waals surface area (Å²) < 4.78 is 15.5. The first-order valence-electron chi connectivity index (χ1n) is 9.99. The number of hydrogen-bond acceptors (Lipinski definition) is 7. The van der Waals surface area contributed by atoms with E-state index in [-0.39, 0.29) is 0 Å². The monoisotopic (exact) mass is 441 g/mol. The minimum absolute atomic E-state index is 0.322. The molecule has 0 spiro atoms. The highest BCUT2D eigenvalue weighted by molar-refractivity contribution is 6.01. The van der Waals surface area contributed by atoms with Gasteiger partial charge in [0, 0.05) is 11.6 Å². The summed E-state index contributed by atoms with van der Waals surface area (Å²) >= 11 is 0. The lowest BCUT2D eigenvalue weighted by Gasteiger charge is -2.02. The third-order valence-electron chi connectivity index (χ3n) is 4.54. The summed E-state index contributed by atoms with van der Waals surface area (Å²) in [6.07, 6.45) is 5.79. The first-order chi connectivity index (χ1) is 16.1. The number of ether oxygens (including phenoxy) is 1. The summed E-state index contributed by atoms with van der Waals surface area (Å²) in [5.41, 5.74) is 4.73. The van der Waals surface area contributed by atoms with E-state index in [1.54, 1.807) is 43.3 Å². The molecule has 8 nitrogen and oxygen atoms in total. The number of aromatic nitrogens is 1. The molecule has 0 fully saturated rings. The van der Waals surface area contributed by atoms with E-state index >= 15 is 0 Å². The highest BCUT2D eigenvalue weighted by atomic mass is 16.5. The average Bonchev–Trinajstić information content (AvgIpc) is 3.49. The van der Waals surface area contributed by atoms with Crippen molar-refractivity contribution in [1.82, 2.24) is 10.6 Å². The first-order valence-corrected chi connectivity index (χ1v) is 9.99. The van der Waals surface area contributed by atoms with Crippen LogP contribution in [0.2, 0.25) is 0 Å². The summed E-state index contributed by atoms with van der Waals surface area (Å²) in [5, 5.41) is 7.99. The van der Waals surface area contributed by atoms with E-state index in [2.05, 4.69) is 15.7 Å². The van der Waals surface area contributed by atoms with Gasteiger partial charge in [-0.15, -0.1) is 0 Å². The molecule has 0 atom stereocenters. The van der Waals surface area contributed by atoms with Crippen LogP contribution >= 0.6 is 0 Å². The van der Waals surface area contributed by atoms with Crippen molar-refractivity contribution >= 4 is 24.2 Å². The van der Waals surface area contributed by atoms with Crippen molar-refractivity contribution in [3.63, 3.8) is 0 Å². The van der Waals surface area contributed by atoms with Crippen molar-refractivity contribution in [2.75, 3.05) is 0 Å². The number of amides is 1. The number of carbonyl (C=O) groups is 2. The molecule has 1 amide bonds. The Labute approximate surface area is 189 Å². The number of carbonyl (C=O) groups excluding carboxylic acids is 2. The zero-order valence-electron chi connectivity index (χ0n) is 17.6. The summed E-state index contributed by atoms with van der Waals surface area (Å²) in [6, 6.07) is 19.4. The topological polar surface area (TPSA) is 107 Å². The number of benzene rings is 2. The van der Waals surface area contributed by atoms with Crippen LogP contribution in [0.5, 0.6) is 5.75 Å². The molecule has 0 radical (unpaired) electrons. The molecule has 4 aromatic rings. The molecular formula is C25H19N3O5. The minimum atomic E-state index is -0.529. The standard InChI is InChI=1S/C25H19N3O5/c1-17-23(24(28-33-17)19-6-3-2-4-7-19)25(30)27-26-16-18-9-11-21(12-10-18)32-22(29)14-13-20-8-5-15-31-20/h2-16H,1H3,(H,27,30)/b14-13-,26-16?. The van der Waals surface area contributed by atoms with Crippen LogP contribution < -0.4 is 10.2 Å². The van der Waals surface area contributed by atoms with Gasteiger partial charge in [0.25, 0.3) is 5.91 Å². The largest absolute Gasteiger partial charge is 0.465 e. The Hall–Kier alpha value is -4.72. The maximum Gasteiger partial charge on any atom is 0.336 e. The van der Waals surface area contributed by atoms with E-state index in [0.717, 1.165) is 5.56 Å². The normalized spacial score (nSPS) is 11.2. The quantitative estimate of drug-likeness (QED) is 0.147. The number of nitrogens with zero attached hydrogens (tertiary/aromatic N) is 2. The van der Waals surface area contributed by atoms with Gasteiger partial charge < -0.3 is 13.7 Å². The number of rotatable bonds is 7. The number of aryl methyl sites for hydroxylation is 1. The molecular weight excluding hydrogens is 422 g/mol. The van der Waals surface area contributed by atoms with Crippen LogP contribution in [0.3, 0.4) is 0 Å². The molecule has 0 aliphatic heterocycles. The maximum absolute atomic E-state index is 12.6. The maximum atomic E-state index is 12.6. The van der Waals surface area contributed by atoms with Gasteiger partial charge in [-0.25, -0.2) is 10.2 Å². The van der Waals surface area contributed by atoms with E-state index in [9.17, 15) is 9.59 Å². The van der Waals surface area contributed by atoms with E-state index < -0.39 is 11.9 Å².